The molecule has 1 aromatic carbocycles. The zero-order valence-electron chi connectivity index (χ0n) is 9.83. The van der Waals surface area contributed by atoms with Crippen LogP contribution in [0.4, 0.5) is 0 Å². The van der Waals surface area contributed by atoms with Gasteiger partial charge in [0.1, 0.15) is 11.8 Å². The van der Waals surface area contributed by atoms with Crippen LogP contribution in [0.5, 0.6) is 0 Å². The molecule has 0 atom stereocenters. The summed E-state index contributed by atoms with van der Waals surface area (Å²) in [6.07, 6.45) is 3.34. The molecule has 0 bridgehead atoms. The molecule has 0 unspecified atom stereocenters. The minimum absolute atomic E-state index is 0.523. The number of nitriles is 1. The summed E-state index contributed by atoms with van der Waals surface area (Å²) in [5.74, 6) is 0.523. The van der Waals surface area contributed by atoms with Crippen LogP contribution in [0, 0.1) is 18.3 Å². The summed E-state index contributed by atoms with van der Waals surface area (Å²) in [5.41, 5.74) is 2.64. The molecule has 0 radical (unpaired) electrons. The number of benzene rings is 1. The Morgan fingerprint density at radius 1 is 1.17 bits per heavy atom. The largest absolute Gasteiger partial charge is 0.269 e. The molecule has 4 nitrogen and oxygen atoms in total. The number of nitrogens with zero attached hydrogens (tertiary/aromatic N) is 4. The molecule has 2 heterocycles. The quantitative estimate of drug-likeness (QED) is 0.650. The molecule has 18 heavy (non-hydrogen) atoms. The third kappa shape index (κ3) is 1.45. The van der Waals surface area contributed by atoms with Crippen molar-refractivity contribution < 1.29 is 0 Å². The average molecular weight is 234 g/mol. The van der Waals surface area contributed by atoms with Gasteiger partial charge in [-0.2, -0.15) is 5.26 Å². The van der Waals surface area contributed by atoms with Crippen LogP contribution in [0.25, 0.3) is 16.9 Å². The molecule has 0 spiro atoms. The van der Waals surface area contributed by atoms with Gasteiger partial charge in [-0.1, -0.05) is 12.1 Å². The summed E-state index contributed by atoms with van der Waals surface area (Å²) >= 11 is 0. The van der Waals surface area contributed by atoms with Gasteiger partial charge in [-0.15, -0.1) is 0 Å². The third-order valence-electron chi connectivity index (χ3n) is 2.93. The standard InChI is InChI=1S/C14H10N4/c1-10-4-2-5-13-12(10)8-11(9-15)18(13)14-16-6-3-7-17-14/h2-8H,1H3. The van der Waals surface area contributed by atoms with Crippen molar-refractivity contribution in [3.63, 3.8) is 0 Å². The van der Waals surface area contributed by atoms with Gasteiger partial charge < -0.3 is 0 Å². The van der Waals surface area contributed by atoms with E-state index in [1.54, 1.807) is 23.0 Å². The van der Waals surface area contributed by atoms with Crippen molar-refractivity contribution in [2.24, 2.45) is 0 Å². The van der Waals surface area contributed by atoms with Crippen LogP contribution in [0.2, 0.25) is 0 Å². The van der Waals surface area contributed by atoms with Gasteiger partial charge in [0.2, 0.25) is 5.95 Å². The third-order valence-corrected chi connectivity index (χ3v) is 2.93. The van der Waals surface area contributed by atoms with E-state index in [0.717, 1.165) is 16.5 Å². The van der Waals surface area contributed by atoms with Gasteiger partial charge in [-0.05, 0) is 30.7 Å². The van der Waals surface area contributed by atoms with Crippen molar-refractivity contribution in [1.29, 1.82) is 5.26 Å². The summed E-state index contributed by atoms with van der Waals surface area (Å²) in [7, 11) is 0. The van der Waals surface area contributed by atoms with Gasteiger partial charge in [-0.3, -0.25) is 4.57 Å². The highest BCUT2D eigenvalue weighted by atomic mass is 15.1. The average Bonchev–Trinajstić information content (AvgIpc) is 2.80. The molecule has 0 N–H and O–H groups in total. The molecule has 0 amide bonds. The van der Waals surface area contributed by atoms with Gasteiger partial charge in [0.15, 0.2) is 0 Å². The molecule has 0 saturated carbocycles. The number of hydrogen-bond donors (Lipinski definition) is 0. The molecule has 0 fully saturated rings. The Balaban J connectivity index is 2.42. The van der Waals surface area contributed by atoms with Crippen molar-refractivity contribution in [2.75, 3.05) is 0 Å². The van der Waals surface area contributed by atoms with Gasteiger partial charge in [0.25, 0.3) is 0 Å². The van der Waals surface area contributed by atoms with Gasteiger partial charge in [-0.25, -0.2) is 9.97 Å². The Morgan fingerprint density at radius 3 is 2.67 bits per heavy atom. The number of aryl methyl sites for hydroxylation is 1. The van der Waals surface area contributed by atoms with E-state index in [0.29, 0.717) is 11.6 Å². The van der Waals surface area contributed by atoms with Crippen LogP contribution in [-0.2, 0) is 0 Å². The second-order valence-electron chi connectivity index (χ2n) is 4.03. The Labute approximate surface area is 104 Å². The van der Waals surface area contributed by atoms with Crippen LogP contribution in [0.3, 0.4) is 0 Å². The molecular weight excluding hydrogens is 224 g/mol. The van der Waals surface area contributed by atoms with Crippen molar-refractivity contribution in [3.8, 4) is 12.0 Å². The summed E-state index contributed by atoms with van der Waals surface area (Å²) in [5, 5.41) is 10.3. The highest BCUT2D eigenvalue weighted by Crippen LogP contribution is 2.24. The maximum atomic E-state index is 9.25. The van der Waals surface area contributed by atoms with E-state index in [-0.39, 0.29) is 0 Å². The number of hydrogen-bond acceptors (Lipinski definition) is 3. The Hall–Kier alpha value is -2.67. The first-order valence-electron chi connectivity index (χ1n) is 5.60. The second kappa shape index (κ2) is 3.97. The van der Waals surface area contributed by atoms with E-state index in [1.807, 2.05) is 31.2 Å². The molecule has 0 aliphatic rings. The Kier molecular flexibility index (Phi) is 2.31. The molecule has 3 aromatic rings. The number of fused-ring (bicyclic) bond motifs is 1. The van der Waals surface area contributed by atoms with Crippen LogP contribution in [-0.4, -0.2) is 14.5 Å². The normalized spacial score (nSPS) is 10.4. The lowest BCUT2D eigenvalue weighted by Crippen LogP contribution is -2.01. The zero-order chi connectivity index (χ0) is 12.5. The van der Waals surface area contributed by atoms with Crippen LogP contribution in [0.15, 0.2) is 42.7 Å². The lowest BCUT2D eigenvalue weighted by atomic mass is 10.1. The lowest BCUT2D eigenvalue weighted by Gasteiger charge is -2.04. The fraction of sp³-hybridized carbons (Fsp3) is 0.0714. The van der Waals surface area contributed by atoms with Gasteiger partial charge >= 0.3 is 0 Å². The molecule has 2 aromatic heterocycles. The fourth-order valence-corrected chi connectivity index (χ4v) is 2.08. The monoisotopic (exact) mass is 234 g/mol. The topological polar surface area (TPSA) is 54.5 Å². The van der Waals surface area contributed by atoms with E-state index in [9.17, 15) is 5.26 Å². The maximum Gasteiger partial charge on any atom is 0.235 e. The second-order valence-corrected chi connectivity index (χ2v) is 4.03. The van der Waals surface area contributed by atoms with E-state index >= 15 is 0 Å². The number of rotatable bonds is 1. The fourth-order valence-electron chi connectivity index (χ4n) is 2.08. The van der Waals surface area contributed by atoms with E-state index in [2.05, 4.69) is 16.0 Å². The van der Waals surface area contributed by atoms with E-state index in [4.69, 9.17) is 0 Å². The molecule has 86 valence electrons. The molecule has 0 saturated heterocycles. The Bertz CT molecular complexity index is 751. The SMILES string of the molecule is Cc1cccc2c1cc(C#N)n2-c1ncccn1. The first kappa shape index (κ1) is 10.5. The summed E-state index contributed by atoms with van der Waals surface area (Å²) in [6, 6.07) is 11.8. The molecule has 0 aliphatic carbocycles. The van der Waals surface area contributed by atoms with Gasteiger partial charge in [0.05, 0.1) is 5.52 Å². The molecule has 4 heteroatoms. The van der Waals surface area contributed by atoms with Crippen LogP contribution in [0.1, 0.15) is 11.3 Å². The maximum absolute atomic E-state index is 9.25. The lowest BCUT2D eigenvalue weighted by molar-refractivity contribution is 0.948. The number of aromatic nitrogens is 3. The first-order valence-corrected chi connectivity index (χ1v) is 5.60. The highest BCUT2D eigenvalue weighted by Gasteiger charge is 2.12. The minimum Gasteiger partial charge on any atom is -0.269 e. The Morgan fingerprint density at radius 2 is 1.94 bits per heavy atom. The van der Waals surface area contributed by atoms with Crippen molar-refractivity contribution in [3.05, 3.63) is 54.0 Å². The van der Waals surface area contributed by atoms with Crippen LogP contribution >= 0.6 is 0 Å². The summed E-state index contributed by atoms with van der Waals surface area (Å²) in [6.45, 7) is 2.03. The predicted molar refractivity (Wildman–Crippen MR) is 68.3 cm³/mol. The molecule has 0 aliphatic heterocycles. The zero-order valence-corrected chi connectivity index (χ0v) is 9.83. The minimum atomic E-state index is 0.523. The van der Waals surface area contributed by atoms with Crippen molar-refractivity contribution in [1.82, 2.24) is 14.5 Å². The van der Waals surface area contributed by atoms with Crippen LogP contribution < -0.4 is 0 Å². The summed E-state index contributed by atoms with van der Waals surface area (Å²) in [4.78, 5) is 8.42. The predicted octanol–water partition coefficient (Wildman–Crippen LogP) is 2.60. The smallest absolute Gasteiger partial charge is 0.235 e. The van der Waals surface area contributed by atoms with Crippen molar-refractivity contribution >= 4 is 10.9 Å². The highest BCUT2D eigenvalue weighted by molar-refractivity contribution is 5.86. The van der Waals surface area contributed by atoms with Gasteiger partial charge in [0, 0.05) is 17.8 Å². The van der Waals surface area contributed by atoms with E-state index in [1.165, 1.54) is 0 Å². The van der Waals surface area contributed by atoms with Crippen molar-refractivity contribution in [2.45, 2.75) is 6.92 Å². The molecule has 3 rings (SSSR count). The first-order chi connectivity index (χ1) is 8.81. The molecular formula is C14H10N4. The summed E-state index contributed by atoms with van der Waals surface area (Å²) < 4.78 is 1.78. The van der Waals surface area contributed by atoms with E-state index < -0.39 is 0 Å².